The number of aromatic carboxylic acids is 1. The van der Waals surface area contributed by atoms with E-state index in [4.69, 9.17) is 26.5 Å². The summed E-state index contributed by atoms with van der Waals surface area (Å²) in [6.07, 6.45) is 8.06. The van der Waals surface area contributed by atoms with E-state index in [0.29, 0.717) is 36.0 Å². The zero-order chi connectivity index (χ0) is 36.1. The molecule has 0 unspecified atom stereocenters. The van der Waals surface area contributed by atoms with E-state index in [1.165, 1.54) is 12.1 Å². The fourth-order valence-electron chi connectivity index (χ4n) is 6.77. The number of piperidine rings is 1. The first-order valence-electron chi connectivity index (χ1n) is 17.4. The minimum absolute atomic E-state index is 0.246. The number of carboxylic acid groups (broad SMARTS) is 1. The zero-order valence-electron chi connectivity index (χ0n) is 29.4. The van der Waals surface area contributed by atoms with E-state index < -0.39 is 5.97 Å². The van der Waals surface area contributed by atoms with Gasteiger partial charge < -0.3 is 14.4 Å². The van der Waals surface area contributed by atoms with Gasteiger partial charge in [-0.15, -0.1) is 23.5 Å². The van der Waals surface area contributed by atoms with Gasteiger partial charge in [0.2, 0.25) is 0 Å². The van der Waals surface area contributed by atoms with E-state index in [-0.39, 0.29) is 11.5 Å². The largest absolute Gasteiger partial charge is 0.493 e. The highest BCUT2D eigenvalue weighted by molar-refractivity contribution is 7.99. The summed E-state index contributed by atoms with van der Waals surface area (Å²) in [4.78, 5) is 13.6. The lowest BCUT2D eigenvalue weighted by Crippen LogP contribution is -2.23. The molecule has 0 spiro atoms. The minimum Gasteiger partial charge on any atom is -0.493 e. The van der Waals surface area contributed by atoms with Crippen LogP contribution < -0.4 is 4.74 Å². The molecule has 0 radical (unpaired) electrons. The predicted octanol–water partition coefficient (Wildman–Crippen LogP) is 9.95. The average Bonchev–Trinajstić information content (AvgIpc) is 3.62. The van der Waals surface area contributed by atoms with E-state index in [2.05, 4.69) is 17.2 Å². The van der Waals surface area contributed by atoms with Crippen LogP contribution >= 0.6 is 35.1 Å². The molecule has 1 fully saturated rings. The summed E-state index contributed by atoms with van der Waals surface area (Å²) in [5, 5.41) is 25.0. The molecule has 8 bridgehead atoms. The maximum atomic E-state index is 14.3. The van der Waals surface area contributed by atoms with Crippen LogP contribution in [0.4, 0.5) is 4.39 Å². The van der Waals surface area contributed by atoms with Crippen LogP contribution in [0.15, 0.2) is 64.2 Å². The van der Waals surface area contributed by atoms with Gasteiger partial charge in [-0.1, -0.05) is 31.5 Å². The first kappa shape index (κ1) is 36.8. The number of carbonyl (C=O) groups is 1. The zero-order valence-corrected chi connectivity index (χ0v) is 31.8. The van der Waals surface area contributed by atoms with Gasteiger partial charge >= 0.3 is 5.97 Å². The summed E-state index contributed by atoms with van der Waals surface area (Å²) in [6.45, 7) is 5.17. The number of hydrazone groups is 1. The third-order valence-electron chi connectivity index (χ3n) is 9.10. The molecule has 268 valence electrons. The van der Waals surface area contributed by atoms with Gasteiger partial charge in [0.25, 0.3) is 0 Å². The van der Waals surface area contributed by atoms with Crippen molar-refractivity contribution in [2.45, 2.75) is 62.4 Å². The van der Waals surface area contributed by atoms with Gasteiger partial charge in [-0.3, -0.25) is 9.69 Å². The summed E-state index contributed by atoms with van der Waals surface area (Å²) in [7, 11) is 3.76. The maximum absolute atomic E-state index is 14.3. The van der Waals surface area contributed by atoms with Crippen molar-refractivity contribution in [3.63, 3.8) is 0 Å². The van der Waals surface area contributed by atoms with E-state index in [1.807, 2.05) is 56.1 Å². The van der Waals surface area contributed by atoms with Crippen molar-refractivity contribution in [2.75, 3.05) is 18.9 Å². The maximum Gasteiger partial charge on any atom is 0.352 e. The Morgan fingerprint density at radius 3 is 2.65 bits per heavy atom. The Balaban J connectivity index is 0.00000220. The predicted molar refractivity (Wildman–Crippen MR) is 210 cm³/mol. The summed E-state index contributed by atoms with van der Waals surface area (Å²) < 4.78 is 24.4. The van der Waals surface area contributed by atoms with Crippen LogP contribution in [0, 0.1) is 5.82 Å². The number of aromatic nitrogens is 3. The molecule has 51 heavy (non-hydrogen) atoms. The number of hydrogen-bond donors (Lipinski definition) is 1. The van der Waals surface area contributed by atoms with Crippen LogP contribution in [-0.2, 0) is 32.0 Å². The molecule has 5 aromatic rings. The number of fused-ring (bicyclic) bond motifs is 7. The molecule has 0 aliphatic carbocycles. The van der Waals surface area contributed by atoms with Crippen molar-refractivity contribution in [3.8, 4) is 5.75 Å². The van der Waals surface area contributed by atoms with E-state index in [0.717, 1.165) is 92.1 Å². The van der Waals surface area contributed by atoms with Crippen LogP contribution in [0.3, 0.4) is 0 Å². The number of aryl methyl sites for hydroxylation is 3. The van der Waals surface area contributed by atoms with E-state index in [1.54, 1.807) is 41.2 Å². The third-order valence-corrected chi connectivity index (χ3v) is 11.3. The van der Waals surface area contributed by atoms with Crippen molar-refractivity contribution in [2.24, 2.45) is 19.2 Å². The van der Waals surface area contributed by atoms with E-state index in [9.17, 15) is 14.3 Å². The summed E-state index contributed by atoms with van der Waals surface area (Å²) in [5.41, 5.74) is 5.76. The first-order chi connectivity index (χ1) is 24.8. The number of benzene rings is 3. The molecular weight excluding hydrogens is 705 g/mol. The lowest BCUT2D eigenvalue weighted by Gasteiger charge is -2.27. The van der Waals surface area contributed by atoms with Gasteiger partial charge in [0, 0.05) is 81.8 Å². The number of ether oxygens (including phenoxy) is 1. The fourth-order valence-corrected chi connectivity index (χ4v) is 8.61. The van der Waals surface area contributed by atoms with Gasteiger partial charge in [0.1, 0.15) is 17.3 Å². The first-order valence-corrected chi connectivity index (χ1v) is 19.9. The normalized spacial score (nSPS) is 17.5. The Morgan fingerprint density at radius 2 is 1.82 bits per heavy atom. The van der Waals surface area contributed by atoms with Crippen molar-refractivity contribution in [3.05, 3.63) is 93.3 Å². The van der Waals surface area contributed by atoms with Gasteiger partial charge in [-0.2, -0.15) is 10.2 Å². The van der Waals surface area contributed by atoms with Crippen molar-refractivity contribution >= 4 is 75.1 Å². The lowest BCUT2D eigenvalue weighted by molar-refractivity contribution is 0.0685. The fraction of sp³-hybridized carbons (Fsp3) is 0.359. The summed E-state index contributed by atoms with van der Waals surface area (Å²) >= 11 is 10.3. The van der Waals surface area contributed by atoms with Crippen LogP contribution in [0.2, 0.25) is 5.02 Å². The Bertz CT molecular complexity index is 2130. The molecular formula is C39H43ClFN5O3S2. The molecule has 3 aromatic carbocycles. The van der Waals surface area contributed by atoms with Gasteiger partial charge in [0.15, 0.2) is 0 Å². The molecule has 2 aliphatic heterocycles. The van der Waals surface area contributed by atoms with Crippen molar-refractivity contribution in [1.82, 2.24) is 19.4 Å². The molecule has 2 aromatic heterocycles. The van der Waals surface area contributed by atoms with E-state index >= 15 is 0 Å². The van der Waals surface area contributed by atoms with Crippen molar-refractivity contribution < 1.29 is 19.0 Å². The highest BCUT2D eigenvalue weighted by atomic mass is 35.5. The number of hydrogen-bond acceptors (Lipinski definition) is 7. The quantitative estimate of drug-likeness (QED) is 0.183. The molecule has 1 saturated heterocycles. The smallest absolute Gasteiger partial charge is 0.352 e. The number of nitrogens with zero attached hydrogens (tertiary/aromatic N) is 5. The van der Waals surface area contributed by atoms with Crippen LogP contribution in [-0.4, -0.2) is 55.6 Å². The number of halogens is 2. The second-order valence-corrected chi connectivity index (χ2v) is 14.8. The number of rotatable bonds is 1. The molecule has 0 atom stereocenters. The number of carboxylic acids is 1. The number of thioether (sulfide) groups is 2. The molecule has 4 heterocycles. The van der Waals surface area contributed by atoms with Crippen LogP contribution in [0.25, 0.3) is 27.8 Å². The molecule has 0 amide bonds. The topological polar surface area (TPSA) is 84.9 Å². The number of allylic oxidation sites excluding steroid dienone is 1. The minimum atomic E-state index is -0.985. The molecule has 1 N–H and O–H groups in total. The molecule has 0 saturated carbocycles. The second kappa shape index (κ2) is 16.6. The molecule has 12 heteroatoms. The van der Waals surface area contributed by atoms with Crippen LogP contribution in [0.5, 0.6) is 5.75 Å². The Kier molecular flexibility index (Phi) is 12.0. The standard InChI is InChI=1S/C37H37ClFN5O3S2.C2H6/c1-42-35-31-10-11-33(38)32(35)19-26-6-3-4-13-44(26)40-12-15-48-21-25-18-27(43(2)41-25)22-49-28-17-23-16-24(39)8-9-29(23)34(20-28)47-14-5-7-30(31)36(42)37(45)46;1-2/h8-12,16-20H,3-7,13-15,21-22H2,1-2H3,(H,45,46);1-2H3/b26-19+,40-12+;. The average molecular weight is 748 g/mol. The third kappa shape index (κ3) is 8.10. The Labute approximate surface area is 311 Å². The molecule has 8 nitrogen and oxygen atoms in total. The highest BCUT2D eigenvalue weighted by Gasteiger charge is 2.24. The SMILES string of the molecule is CC.Cn1nc2cc1CSc1cc(c3ccc(F)cc3c1)OCCCc1c(C(=O)O)n(C)c3c(c(Cl)ccc13)/C=C1\CCCCN1/N=C/CSC2. The molecule has 7 rings (SSSR count). The Hall–Kier alpha value is -3.93. The highest BCUT2D eigenvalue weighted by Crippen LogP contribution is 2.37. The van der Waals surface area contributed by atoms with Gasteiger partial charge in [-0.05, 0) is 91.6 Å². The van der Waals surface area contributed by atoms with Gasteiger partial charge in [-0.25, -0.2) is 9.18 Å². The Morgan fingerprint density at radius 1 is 1.00 bits per heavy atom. The van der Waals surface area contributed by atoms with Crippen LogP contribution in [0.1, 0.15) is 72.5 Å². The summed E-state index contributed by atoms with van der Waals surface area (Å²) in [5.74, 6) is 1.58. The second-order valence-electron chi connectivity index (χ2n) is 12.4. The summed E-state index contributed by atoms with van der Waals surface area (Å²) in [6, 6.07) is 14.7. The lowest BCUT2D eigenvalue weighted by atomic mass is 10.0. The monoisotopic (exact) mass is 747 g/mol. The van der Waals surface area contributed by atoms with Gasteiger partial charge in [0.05, 0.1) is 17.8 Å². The van der Waals surface area contributed by atoms with Crippen molar-refractivity contribution in [1.29, 1.82) is 0 Å². The molecule has 2 aliphatic rings.